The number of oxazole rings is 1. The van der Waals surface area contributed by atoms with Gasteiger partial charge < -0.3 is 19.0 Å². The molecule has 1 atom stereocenters. The van der Waals surface area contributed by atoms with Crippen molar-refractivity contribution >= 4 is 5.91 Å². The molecule has 0 spiro atoms. The maximum absolute atomic E-state index is 11.9. The fraction of sp³-hybridized carbons (Fsp3) is 0.733. The van der Waals surface area contributed by atoms with Crippen LogP contribution in [0.1, 0.15) is 31.4 Å². The van der Waals surface area contributed by atoms with E-state index in [2.05, 4.69) is 9.88 Å². The highest BCUT2D eigenvalue weighted by Gasteiger charge is 2.29. The van der Waals surface area contributed by atoms with Crippen LogP contribution in [0.25, 0.3) is 0 Å². The quantitative estimate of drug-likeness (QED) is 0.712. The fourth-order valence-electron chi connectivity index (χ4n) is 2.82. The first-order chi connectivity index (χ1) is 10.1. The van der Waals surface area contributed by atoms with E-state index < -0.39 is 0 Å². The SMILES string of the molecule is COCCCN1CC[C@@H](N(Cc2ncc(C)o2)C(C)=O)C1. The number of hydrogen-bond acceptors (Lipinski definition) is 5. The molecule has 2 heterocycles. The van der Waals surface area contributed by atoms with Gasteiger partial charge in [-0.05, 0) is 19.8 Å². The first-order valence-corrected chi connectivity index (χ1v) is 7.50. The second-order valence-corrected chi connectivity index (χ2v) is 5.60. The van der Waals surface area contributed by atoms with Crippen molar-refractivity contribution in [3.63, 3.8) is 0 Å². The van der Waals surface area contributed by atoms with Crippen molar-refractivity contribution in [1.82, 2.24) is 14.8 Å². The summed E-state index contributed by atoms with van der Waals surface area (Å²) < 4.78 is 10.6. The molecule has 118 valence electrons. The largest absolute Gasteiger partial charge is 0.444 e. The molecule has 21 heavy (non-hydrogen) atoms. The van der Waals surface area contributed by atoms with Crippen molar-refractivity contribution in [3.8, 4) is 0 Å². The van der Waals surface area contributed by atoms with Crippen molar-refractivity contribution in [2.45, 2.75) is 39.3 Å². The smallest absolute Gasteiger partial charge is 0.220 e. The number of carbonyl (C=O) groups is 1. The van der Waals surface area contributed by atoms with Crippen molar-refractivity contribution in [2.75, 3.05) is 33.4 Å². The number of ether oxygens (including phenoxy) is 1. The lowest BCUT2D eigenvalue weighted by Gasteiger charge is -2.27. The van der Waals surface area contributed by atoms with Crippen LogP contribution in [0, 0.1) is 6.92 Å². The highest BCUT2D eigenvalue weighted by Crippen LogP contribution is 2.18. The molecule has 0 N–H and O–H groups in total. The zero-order valence-electron chi connectivity index (χ0n) is 13.2. The van der Waals surface area contributed by atoms with Gasteiger partial charge in [-0.1, -0.05) is 0 Å². The summed E-state index contributed by atoms with van der Waals surface area (Å²) in [6.45, 7) is 7.69. The lowest BCUT2D eigenvalue weighted by Crippen LogP contribution is -2.40. The molecule has 1 aliphatic heterocycles. The van der Waals surface area contributed by atoms with Gasteiger partial charge in [-0.3, -0.25) is 4.79 Å². The first-order valence-electron chi connectivity index (χ1n) is 7.50. The molecule has 0 radical (unpaired) electrons. The van der Waals surface area contributed by atoms with Crippen LogP contribution in [0.5, 0.6) is 0 Å². The van der Waals surface area contributed by atoms with E-state index >= 15 is 0 Å². The van der Waals surface area contributed by atoms with E-state index in [4.69, 9.17) is 9.15 Å². The Morgan fingerprint density at radius 2 is 2.43 bits per heavy atom. The van der Waals surface area contributed by atoms with Crippen LogP contribution >= 0.6 is 0 Å². The van der Waals surface area contributed by atoms with E-state index in [-0.39, 0.29) is 11.9 Å². The van der Waals surface area contributed by atoms with Crippen LogP contribution in [0.15, 0.2) is 10.6 Å². The Hall–Kier alpha value is -1.40. The number of carbonyl (C=O) groups excluding carboxylic acids is 1. The summed E-state index contributed by atoms with van der Waals surface area (Å²) in [5.41, 5.74) is 0. The summed E-state index contributed by atoms with van der Waals surface area (Å²) in [6, 6.07) is 0.247. The van der Waals surface area contributed by atoms with Crippen LogP contribution in [0.3, 0.4) is 0 Å². The maximum Gasteiger partial charge on any atom is 0.220 e. The standard InChI is InChI=1S/C15H25N3O3/c1-12-9-16-15(21-12)11-18(13(2)19)14-5-7-17(10-14)6-4-8-20-3/h9,14H,4-8,10-11H2,1-3H3/t14-/m1/s1. The Morgan fingerprint density at radius 3 is 3.05 bits per heavy atom. The van der Waals surface area contributed by atoms with Gasteiger partial charge in [-0.2, -0.15) is 0 Å². The summed E-state index contributed by atoms with van der Waals surface area (Å²) in [6.07, 6.45) is 3.73. The molecule has 2 rings (SSSR count). The minimum Gasteiger partial charge on any atom is -0.444 e. The minimum absolute atomic E-state index is 0.0783. The summed E-state index contributed by atoms with van der Waals surface area (Å²) in [4.78, 5) is 20.4. The molecular formula is C15H25N3O3. The van der Waals surface area contributed by atoms with Crippen LogP contribution in [-0.2, 0) is 16.1 Å². The normalized spacial score (nSPS) is 19.1. The second-order valence-electron chi connectivity index (χ2n) is 5.60. The second kappa shape index (κ2) is 7.56. The van der Waals surface area contributed by atoms with E-state index in [0.717, 1.165) is 44.8 Å². The monoisotopic (exact) mass is 295 g/mol. The summed E-state index contributed by atoms with van der Waals surface area (Å²) in [5, 5.41) is 0. The molecule has 1 aliphatic rings. The predicted molar refractivity (Wildman–Crippen MR) is 78.8 cm³/mol. The van der Waals surface area contributed by atoms with Crippen molar-refractivity contribution in [1.29, 1.82) is 0 Å². The Labute approximate surface area is 126 Å². The molecule has 0 unspecified atom stereocenters. The molecule has 0 bridgehead atoms. The van der Waals surface area contributed by atoms with Gasteiger partial charge in [0.1, 0.15) is 5.76 Å². The molecule has 6 nitrogen and oxygen atoms in total. The molecule has 0 saturated carbocycles. The van der Waals surface area contributed by atoms with Gasteiger partial charge in [0.05, 0.1) is 12.7 Å². The number of methoxy groups -OCH3 is 1. The number of nitrogens with zero attached hydrogens (tertiary/aromatic N) is 3. The molecule has 0 aromatic carbocycles. The molecule has 1 amide bonds. The van der Waals surface area contributed by atoms with Gasteiger partial charge in [0, 0.05) is 46.3 Å². The number of likely N-dealkylation sites (tertiary alicyclic amines) is 1. The molecule has 1 fully saturated rings. The Morgan fingerprint density at radius 1 is 1.62 bits per heavy atom. The molecule has 6 heteroatoms. The average Bonchev–Trinajstić information content (AvgIpc) is 3.05. The predicted octanol–water partition coefficient (Wildman–Crippen LogP) is 1.44. The molecule has 0 aliphatic carbocycles. The van der Waals surface area contributed by atoms with E-state index in [1.165, 1.54) is 0 Å². The Kier molecular flexibility index (Phi) is 5.76. The van der Waals surface area contributed by atoms with Crippen LogP contribution in [0.2, 0.25) is 0 Å². The van der Waals surface area contributed by atoms with Crippen LogP contribution in [0.4, 0.5) is 0 Å². The first kappa shape index (κ1) is 16.0. The van der Waals surface area contributed by atoms with Gasteiger partial charge >= 0.3 is 0 Å². The van der Waals surface area contributed by atoms with Gasteiger partial charge in [0.2, 0.25) is 11.8 Å². The molecular weight excluding hydrogens is 270 g/mol. The molecule has 1 aromatic rings. The molecule has 1 saturated heterocycles. The molecule has 1 aromatic heterocycles. The highest BCUT2D eigenvalue weighted by atomic mass is 16.5. The lowest BCUT2D eigenvalue weighted by atomic mass is 10.2. The van der Waals surface area contributed by atoms with Crippen LogP contribution < -0.4 is 0 Å². The zero-order valence-corrected chi connectivity index (χ0v) is 13.2. The van der Waals surface area contributed by atoms with Crippen molar-refractivity contribution < 1.29 is 13.9 Å². The van der Waals surface area contributed by atoms with Crippen molar-refractivity contribution in [3.05, 3.63) is 17.8 Å². The maximum atomic E-state index is 11.9. The Bertz CT molecular complexity index is 461. The van der Waals surface area contributed by atoms with E-state index in [1.54, 1.807) is 20.2 Å². The van der Waals surface area contributed by atoms with Crippen LogP contribution in [-0.4, -0.2) is 60.1 Å². The third kappa shape index (κ3) is 4.54. The van der Waals surface area contributed by atoms with E-state index in [1.807, 2.05) is 11.8 Å². The zero-order chi connectivity index (χ0) is 15.2. The van der Waals surface area contributed by atoms with E-state index in [0.29, 0.717) is 12.4 Å². The number of aryl methyl sites for hydroxylation is 1. The number of aromatic nitrogens is 1. The number of hydrogen-bond donors (Lipinski definition) is 0. The van der Waals surface area contributed by atoms with Gasteiger partial charge in [-0.25, -0.2) is 4.98 Å². The number of amides is 1. The topological polar surface area (TPSA) is 58.8 Å². The fourth-order valence-corrected chi connectivity index (χ4v) is 2.82. The summed E-state index contributed by atoms with van der Waals surface area (Å²) in [7, 11) is 1.72. The number of rotatable bonds is 7. The third-order valence-corrected chi connectivity index (χ3v) is 3.89. The highest BCUT2D eigenvalue weighted by molar-refractivity contribution is 5.73. The van der Waals surface area contributed by atoms with Gasteiger partial charge in [-0.15, -0.1) is 0 Å². The van der Waals surface area contributed by atoms with E-state index in [9.17, 15) is 4.79 Å². The minimum atomic E-state index is 0.0783. The summed E-state index contributed by atoms with van der Waals surface area (Å²) >= 11 is 0. The van der Waals surface area contributed by atoms with Gasteiger partial charge in [0.15, 0.2) is 0 Å². The van der Waals surface area contributed by atoms with Gasteiger partial charge in [0.25, 0.3) is 0 Å². The average molecular weight is 295 g/mol. The lowest BCUT2D eigenvalue weighted by molar-refractivity contribution is -0.132. The summed E-state index contributed by atoms with van der Waals surface area (Å²) in [5.74, 6) is 1.47. The third-order valence-electron chi connectivity index (χ3n) is 3.89. The van der Waals surface area contributed by atoms with Crippen molar-refractivity contribution in [2.24, 2.45) is 0 Å². The Balaban J connectivity index is 1.89.